The first-order valence-corrected chi connectivity index (χ1v) is 7.56. The van der Waals surface area contributed by atoms with Gasteiger partial charge in [0.2, 0.25) is 0 Å². The van der Waals surface area contributed by atoms with Crippen molar-refractivity contribution >= 4 is 0 Å². The lowest BCUT2D eigenvalue weighted by Crippen LogP contribution is -2.58. The summed E-state index contributed by atoms with van der Waals surface area (Å²) < 4.78 is 11.4. The highest BCUT2D eigenvalue weighted by atomic mass is 16.5. The Kier molecular flexibility index (Phi) is 6.74. The van der Waals surface area contributed by atoms with Gasteiger partial charge in [0.1, 0.15) is 0 Å². The summed E-state index contributed by atoms with van der Waals surface area (Å²) in [6, 6.07) is 0. The van der Waals surface area contributed by atoms with Crippen LogP contribution < -0.4 is 5.32 Å². The highest BCUT2D eigenvalue weighted by Crippen LogP contribution is 2.27. The van der Waals surface area contributed by atoms with Crippen LogP contribution in [-0.2, 0) is 9.47 Å². The Morgan fingerprint density at radius 1 is 1.11 bits per heavy atom. The molecule has 0 atom stereocenters. The third kappa shape index (κ3) is 7.25. The molecule has 0 unspecified atom stereocenters. The van der Waals surface area contributed by atoms with Gasteiger partial charge < -0.3 is 14.8 Å². The largest absolute Gasteiger partial charge is 0.382 e. The molecule has 0 aromatic heterocycles. The maximum Gasteiger partial charge on any atom is 0.0760 e. The van der Waals surface area contributed by atoms with Gasteiger partial charge in [-0.2, -0.15) is 0 Å². The van der Waals surface area contributed by atoms with Crippen molar-refractivity contribution in [1.29, 1.82) is 0 Å². The summed E-state index contributed by atoms with van der Waals surface area (Å²) in [5.41, 5.74) is -0.0898. The van der Waals surface area contributed by atoms with E-state index in [1.54, 1.807) is 0 Å². The van der Waals surface area contributed by atoms with Gasteiger partial charge in [0.05, 0.1) is 11.2 Å². The molecule has 0 amide bonds. The molecule has 0 aromatic rings. The van der Waals surface area contributed by atoms with Crippen molar-refractivity contribution in [3.05, 3.63) is 0 Å². The van der Waals surface area contributed by atoms with E-state index in [0.29, 0.717) is 0 Å². The van der Waals surface area contributed by atoms with Crippen LogP contribution in [0.1, 0.15) is 41.0 Å². The Labute approximate surface area is 118 Å². The molecule has 19 heavy (non-hydrogen) atoms. The second-order valence-electron chi connectivity index (χ2n) is 6.63. The second kappa shape index (κ2) is 7.58. The van der Waals surface area contributed by atoms with E-state index < -0.39 is 0 Å². The Hall–Kier alpha value is -0.160. The van der Waals surface area contributed by atoms with Crippen LogP contribution in [0, 0.1) is 0 Å². The quantitative estimate of drug-likeness (QED) is 0.684. The topological polar surface area (TPSA) is 33.7 Å². The minimum absolute atomic E-state index is 0.0449. The molecule has 1 rings (SSSR count). The number of hydrogen-bond acceptors (Lipinski definition) is 4. The summed E-state index contributed by atoms with van der Waals surface area (Å²) in [5.74, 6) is 0. The van der Waals surface area contributed by atoms with Crippen LogP contribution >= 0.6 is 0 Å². The van der Waals surface area contributed by atoms with Gasteiger partial charge in [0.15, 0.2) is 0 Å². The summed E-state index contributed by atoms with van der Waals surface area (Å²) in [7, 11) is 0. The first kappa shape index (κ1) is 16.9. The number of rotatable bonds is 8. The Morgan fingerprint density at radius 2 is 1.74 bits per heavy atom. The summed E-state index contributed by atoms with van der Waals surface area (Å²) in [4.78, 5) is 2.50. The second-order valence-corrected chi connectivity index (χ2v) is 6.63. The number of nitrogens with one attached hydrogen (secondary N) is 1. The van der Waals surface area contributed by atoms with Gasteiger partial charge in [-0.25, -0.2) is 0 Å². The van der Waals surface area contributed by atoms with Gasteiger partial charge in [0, 0.05) is 39.4 Å². The van der Waals surface area contributed by atoms with Crippen molar-refractivity contribution < 1.29 is 9.47 Å². The molecule has 114 valence electrons. The van der Waals surface area contributed by atoms with Crippen molar-refractivity contribution in [3.8, 4) is 0 Å². The lowest BCUT2D eigenvalue weighted by molar-refractivity contribution is -0.180. The molecule has 0 aliphatic carbocycles. The lowest BCUT2D eigenvalue weighted by atomic mass is 9.99. The average Bonchev–Trinajstić information content (AvgIpc) is 2.23. The fraction of sp³-hybridized carbons (Fsp3) is 1.00. The molecule has 4 nitrogen and oxygen atoms in total. The molecule has 0 aromatic carbocycles. The van der Waals surface area contributed by atoms with E-state index in [1.165, 1.54) is 0 Å². The number of ether oxygens (including phenoxy) is 2. The van der Waals surface area contributed by atoms with Crippen molar-refractivity contribution in [2.24, 2.45) is 0 Å². The summed E-state index contributed by atoms with van der Waals surface area (Å²) in [6.45, 7) is 17.6. The van der Waals surface area contributed by atoms with Crippen LogP contribution in [-0.4, -0.2) is 62.0 Å². The summed E-state index contributed by atoms with van der Waals surface area (Å²) in [5, 5.41) is 3.48. The number of morpholine rings is 1. The molecule has 0 bridgehead atoms. The van der Waals surface area contributed by atoms with E-state index in [1.807, 2.05) is 6.92 Å². The van der Waals surface area contributed by atoms with Crippen LogP contribution in [0.3, 0.4) is 0 Å². The van der Waals surface area contributed by atoms with Crippen LogP contribution in [0.15, 0.2) is 0 Å². The fourth-order valence-electron chi connectivity index (χ4n) is 2.91. The minimum Gasteiger partial charge on any atom is -0.382 e. The molecule has 4 heteroatoms. The molecular formula is C15H32N2O2. The molecule has 1 fully saturated rings. The molecule has 0 spiro atoms. The van der Waals surface area contributed by atoms with E-state index >= 15 is 0 Å². The molecule has 0 saturated carbocycles. The maximum absolute atomic E-state index is 6.08. The zero-order valence-corrected chi connectivity index (χ0v) is 13.4. The van der Waals surface area contributed by atoms with Gasteiger partial charge in [-0.1, -0.05) is 0 Å². The Bertz CT molecular complexity index is 239. The first-order valence-electron chi connectivity index (χ1n) is 7.56. The molecule has 1 aliphatic rings. The Morgan fingerprint density at radius 3 is 2.32 bits per heavy atom. The molecule has 1 saturated heterocycles. The number of nitrogens with zero attached hydrogens (tertiary/aromatic N) is 1. The summed E-state index contributed by atoms with van der Waals surface area (Å²) >= 11 is 0. The predicted octanol–water partition coefficient (Wildman–Crippen LogP) is 1.89. The van der Waals surface area contributed by atoms with Crippen molar-refractivity contribution in [1.82, 2.24) is 10.2 Å². The van der Waals surface area contributed by atoms with Crippen LogP contribution in [0.2, 0.25) is 0 Å². The zero-order valence-electron chi connectivity index (χ0n) is 13.4. The average molecular weight is 272 g/mol. The smallest absolute Gasteiger partial charge is 0.0760 e. The van der Waals surface area contributed by atoms with Crippen LogP contribution in [0.25, 0.3) is 0 Å². The first-order chi connectivity index (χ1) is 8.85. The van der Waals surface area contributed by atoms with Gasteiger partial charge >= 0.3 is 0 Å². The third-order valence-electron chi connectivity index (χ3n) is 3.21. The predicted molar refractivity (Wildman–Crippen MR) is 79.7 cm³/mol. The monoisotopic (exact) mass is 272 g/mol. The van der Waals surface area contributed by atoms with Crippen LogP contribution in [0.4, 0.5) is 0 Å². The van der Waals surface area contributed by atoms with Gasteiger partial charge in [-0.3, -0.25) is 4.90 Å². The molecule has 1 N–H and O–H groups in total. The van der Waals surface area contributed by atoms with E-state index in [0.717, 1.165) is 52.4 Å². The van der Waals surface area contributed by atoms with Crippen molar-refractivity contribution in [2.45, 2.75) is 52.2 Å². The van der Waals surface area contributed by atoms with E-state index in [2.05, 4.69) is 37.9 Å². The van der Waals surface area contributed by atoms with Gasteiger partial charge in [-0.15, -0.1) is 0 Å². The highest BCUT2D eigenvalue weighted by molar-refractivity contribution is 4.89. The minimum atomic E-state index is -0.0449. The highest BCUT2D eigenvalue weighted by Gasteiger charge is 2.37. The maximum atomic E-state index is 6.08. The molecular weight excluding hydrogens is 240 g/mol. The number of hydrogen-bond donors (Lipinski definition) is 1. The van der Waals surface area contributed by atoms with E-state index in [4.69, 9.17) is 9.47 Å². The molecule has 0 radical (unpaired) electrons. The normalized spacial score (nSPS) is 22.6. The third-order valence-corrected chi connectivity index (χ3v) is 3.21. The Balaban J connectivity index is 2.15. The van der Waals surface area contributed by atoms with Crippen molar-refractivity contribution in [3.63, 3.8) is 0 Å². The zero-order chi connectivity index (χ0) is 14.4. The van der Waals surface area contributed by atoms with E-state index in [-0.39, 0.29) is 11.2 Å². The van der Waals surface area contributed by atoms with Crippen molar-refractivity contribution in [2.75, 3.05) is 45.9 Å². The standard InChI is InChI=1S/C15H32N2O2/c1-6-18-11-7-8-16-9-10-17-12-14(2,3)19-15(4,5)13-17/h16H,6-13H2,1-5H3. The summed E-state index contributed by atoms with van der Waals surface area (Å²) in [6.07, 6.45) is 1.09. The van der Waals surface area contributed by atoms with Gasteiger partial charge in [-0.05, 0) is 47.6 Å². The fourth-order valence-corrected chi connectivity index (χ4v) is 2.91. The molecule has 1 heterocycles. The SMILES string of the molecule is CCOCCCNCCN1CC(C)(C)OC(C)(C)C1. The lowest BCUT2D eigenvalue weighted by Gasteiger charge is -2.47. The van der Waals surface area contributed by atoms with Crippen LogP contribution in [0.5, 0.6) is 0 Å². The molecule has 1 aliphatic heterocycles. The van der Waals surface area contributed by atoms with Gasteiger partial charge in [0.25, 0.3) is 0 Å². The van der Waals surface area contributed by atoms with E-state index in [9.17, 15) is 0 Å².